The minimum absolute atomic E-state index is 0.386. The predicted octanol–water partition coefficient (Wildman–Crippen LogP) is 2.20. The second-order valence-electron chi connectivity index (χ2n) is 2.43. The summed E-state index contributed by atoms with van der Waals surface area (Å²) in [5.74, 6) is 0.386. The molecule has 0 spiro atoms. The summed E-state index contributed by atoms with van der Waals surface area (Å²) in [4.78, 5) is 0. The van der Waals surface area contributed by atoms with E-state index in [0.717, 1.165) is 5.57 Å². The lowest BCUT2D eigenvalue weighted by molar-refractivity contribution is 0.885. The van der Waals surface area contributed by atoms with Gasteiger partial charge in [-0.25, -0.2) is 0 Å². The van der Waals surface area contributed by atoms with Gasteiger partial charge in [0, 0.05) is 0 Å². The molecule has 1 heteroatoms. The molecule has 1 aliphatic rings. The summed E-state index contributed by atoms with van der Waals surface area (Å²) in [5, 5.41) is 8.48. The first-order valence-corrected chi connectivity index (χ1v) is 3.23. The van der Waals surface area contributed by atoms with Crippen molar-refractivity contribution in [1.82, 2.24) is 0 Å². The van der Waals surface area contributed by atoms with Crippen LogP contribution in [0.5, 0.6) is 0 Å². The van der Waals surface area contributed by atoms with Crippen LogP contribution in [0.25, 0.3) is 0 Å². The van der Waals surface area contributed by atoms with Crippen molar-refractivity contribution in [2.24, 2.45) is 5.92 Å². The quantitative estimate of drug-likeness (QED) is 0.494. The summed E-state index contributed by atoms with van der Waals surface area (Å²) < 4.78 is 0. The number of allylic oxidation sites excluding steroid dienone is 5. The summed E-state index contributed by atoms with van der Waals surface area (Å²) in [6, 6.07) is 2.07. The minimum atomic E-state index is 0.386. The van der Waals surface area contributed by atoms with Gasteiger partial charge < -0.3 is 0 Å². The average Bonchev–Trinajstić information content (AvgIpc) is 1.95. The van der Waals surface area contributed by atoms with E-state index in [9.17, 15) is 0 Å². The van der Waals surface area contributed by atoms with Crippen LogP contribution in [0, 0.1) is 17.2 Å². The van der Waals surface area contributed by atoms with Crippen molar-refractivity contribution in [3.05, 3.63) is 36.0 Å². The fourth-order valence-electron chi connectivity index (χ4n) is 0.820. The van der Waals surface area contributed by atoms with Gasteiger partial charge in [-0.3, -0.25) is 0 Å². The summed E-state index contributed by atoms with van der Waals surface area (Å²) in [6.45, 7) is 5.87. The fraction of sp³-hybridized carbons (Fsp3) is 0.222. The first-order valence-electron chi connectivity index (χ1n) is 3.23. The molecule has 0 saturated carbocycles. The summed E-state index contributed by atoms with van der Waals surface area (Å²) in [7, 11) is 0. The Morgan fingerprint density at radius 1 is 1.70 bits per heavy atom. The molecule has 0 heterocycles. The maximum Gasteiger partial charge on any atom is 0.0991 e. The van der Waals surface area contributed by atoms with Gasteiger partial charge in [-0.15, -0.1) is 0 Å². The van der Waals surface area contributed by atoms with Gasteiger partial charge in [0.2, 0.25) is 0 Å². The molecule has 0 bridgehead atoms. The molecule has 1 rings (SSSR count). The Labute approximate surface area is 61.0 Å². The Bertz CT molecular complexity index is 250. The van der Waals surface area contributed by atoms with Crippen LogP contribution in [0.1, 0.15) is 6.92 Å². The Hall–Kier alpha value is -1.29. The van der Waals surface area contributed by atoms with Crippen molar-refractivity contribution in [3.8, 4) is 6.07 Å². The number of rotatable bonds is 0. The Morgan fingerprint density at radius 2 is 2.40 bits per heavy atom. The molecule has 0 aliphatic heterocycles. The van der Waals surface area contributed by atoms with Crippen LogP contribution in [0.4, 0.5) is 0 Å². The predicted molar refractivity (Wildman–Crippen MR) is 41.1 cm³/mol. The monoisotopic (exact) mass is 131 g/mol. The maximum absolute atomic E-state index is 8.48. The van der Waals surface area contributed by atoms with Gasteiger partial charge in [0.1, 0.15) is 0 Å². The van der Waals surface area contributed by atoms with E-state index >= 15 is 0 Å². The molecule has 0 aromatic carbocycles. The lowest BCUT2D eigenvalue weighted by Crippen LogP contribution is -1.96. The molecule has 0 N–H and O–H groups in total. The smallest absolute Gasteiger partial charge is 0.0991 e. The maximum atomic E-state index is 8.48. The molecule has 1 aliphatic carbocycles. The van der Waals surface area contributed by atoms with E-state index in [0.29, 0.717) is 11.5 Å². The second kappa shape index (κ2) is 2.53. The Kier molecular flexibility index (Phi) is 1.73. The third-order valence-corrected chi connectivity index (χ3v) is 1.62. The van der Waals surface area contributed by atoms with Crippen LogP contribution in [-0.4, -0.2) is 0 Å². The van der Waals surface area contributed by atoms with Crippen molar-refractivity contribution in [1.29, 1.82) is 5.26 Å². The van der Waals surface area contributed by atoms with Gasteiger partial charge in [0.05, 0.1) is 11.6 Å². The zero-order chi connectivity index (χ0) is 7.56. The van der Waals surface area contributed by atoms with Crippen molar-refractivity contribution in [2.45, 2.75) is 6.92 Å². The fourth-order valence-corrected chi connectivity index (χ4v) is 0.820. The van der Waals surface area contributed by atoms with E-state index in [1.165, 1.54) is 0 Å². The third kappa shape index (κ3) is 1.16. The lowest BCUT2D eigenvalue weighted by atomic mass is 9.95. The molecular formula is C9H9N. The second-order valence-corrected chi connectivity index (χ2v) is 2.43. The largest absolute Gasteiger partial charge is 0.192 e. The molecule has 1 atom stereocenters. The van der Waals surface area contributed by atoms with Crippen molar-refractivity contribution >= 4 is 0 Å². The first-order chi connectivity index (χ1) is 4.74. The average molecular weight is 131 g/mol. The SMILES string of the molecule is C=C1C=C(C#N)C=CC1C. The van der Waals surface area contributed by atoms with E-state index in [-0.39, 0.29) is 0 Å². The Morgan fingerprint density at radius 3 is 2.90 bits per heavy atom. The number of nitriles is 1. The van der Waals surface area contributed by atoms with E-state index < -0.39 is 0 Å². The zero-order valence-electron chi connectivity index (χ0n) is 5.96. The molecule has 0 radical (unpaired) electrons. The molecule has 0 fully saturated rings. The highest BCUT2D eigenvalue weighted by atomic mass is 14.2. The van der Waals surface area contributed by atoms with E-state index in [1.807, 2.05) is 18.2 Å². The van der Waals surface area contributed by atoms with Crippen LogP contribution in [-0.2, 0) is 0 Å². The number of nitrogens with zero attached hydrogens (tertiary/aromatic N) is 1. The van der Waals surface area contributed by atoms with Crippen LogP contribution in [0.15, 0.2) is 36.0 Å². The molecule has 0 saturated heterocycles. The van der Waals surface area contributed by atoms with Crippen LogP contribution in [0.2, 0.25) is 0 Å². The van der Waals surface area contributed by atoms with E-state index in [1.54, 1.807) is 0 Å². The number of hydrogen-bond acceptors (Lipinski definition) is 1. The standard InChI is InChI=1S/C9H9N/c1-7-3-4-9(6-10)5-8(7)2/h3-5,7H,2H2,1H3. The summed E-state index contributed by atoms with van der Waals surface area (Å²) >= 11 is 0. The van der Waals surface area contributed by atoms with Gasteiger partial charge in [0.25, 0.3) is 0 Å². The molecular weight excluding hydrogens is 122 g/mol. The van der Waals surface area contributed by atoms with E-state index in [4.69, 9.17) is 5.26 Å². The highest BCUT2D eigenvalue weighted by molar-refractivity contribution is 5.44. The molecule has 1 nitrogen and oxygen atoms in total. The molecule has 0 aromatic rings. The van der Waals surface area contributed by atoms with Gasteiger partial charge in [0.15, 0.2) is 0 Å². The Balaban J connectivity index is 2.89. The molecule has 0 amide bonds. The van der Waals surface area contributed by atoms with Crippen molar-refractivity contribution < 1.29 is 0 Å². The zero-order valence-corrected chi connectivity index (χ0v) is 5.96. The van der Waals surface area contributed by atoms with Crippen LogP contribution < -0.4 is 0 Å². The van der Waals surface area contributed by atoms with Gasteiger partial charge in [-0.05, 0) is 23.6 Å². The van der Waals surface area contributed by atoms with E-state index in [2.05, 4.69) is 19.6 Å². The van der Waals surface area contributed by atoms with Crippen LogP contribution >= 0.6 is 0 Å². The molecule has 1 unspecified atom stereocenters. The minimum Gasteiger partial charge on any atom is -0.192 e. The van der Waals surface area contributed by atoms with Gasteiger partial charge in [-0.2, -0.15) is 5.26 Å². The van der Waals surface area contributed by atoms with Crippen molar-refractivity contribution in [2.75, 3.05) is 0 Å². The van der Waals surface area contributed by atoms with Gasteiger partial charge in [-0.1, -0.05) is 19.6 Å². The summed E-state index contributed by atoms with van der Waals surface area (Å²) in [5.41, 5.74) is 1.71. The van der Waals surface area contributed by atoms with Crippen LogP contribution in [0.3, 0.4) is 0 Å². The van der Waals surface area contributed by atoms with Crippen molar-refractivity contribution in [3.63, 3.8) is 0 Å². The molecule has 50 valence electrons. The molecule has 10 heavy (non-hydrogen) atoms. The topological polar surface area (TPSA) is 23.8 Å². The third-order valence-electron chi connectivity index (χ3n) is 1.62. The molecule has 0 aromatic heterocycles. The lowest BCUT2D eigenvalue weighted by Gasteiger charge is -2.09. The first kappa shape index (κ1) is 6.82. The van der Waals surface area contributed by atoms with Gasteiger partial charge >= 0.3 is 0 Å². The highest BCUT2D eigenvalue weighted by Crippen LogP contribution is 2.19. The normalized spacial score (nSPS) is 23.8. The summed E-state index contributed by atoms with van der Waals surface area (Å²) in [6.07, 6.45) is 5.64. The highest BCUT2D eigenvalue weighted by Gasteiger charge is 2.05. The number of hydrogen-bond donors (Lipinski definition) is 0.